The molecule has 1 aromatic heterocycles. The van der Waals surface area contributed by atoms with E-state index in [1.807, 2.05) is 0 Å². The van der Waals surface area contributed by atoms with Crippen molar-refractivity contribution in [3.05, 3.63) is 36.0 Å². The number of alkyl halides is 2. The van der Waals surface area contributed by atoms with Crippen LogP contribution in [0.25, 0.3) is 10.9 Å². The fourth-order valence-corrected chi connectivity index (χ4v) is 2.67. The zero-order valence-electron chi connectivity index (χ0n) is 12.8. The van der Waals surface area contributed by atoms with Gasteiger partial charge in [-0.3, -0.25) is 14.6 Å². The number of fused-ring (bicyclic) bond motifs is 1. The second-order valence-electron chi connectivity index (χ2n) is 5.74. The Morgan fingerprint density at radius 3 is 2.83 bits per heavy atom. The summed E-state index contributed by atoms with van der Waals surface area (Å²) in [5.74, 6) is -3.86. The van der Waals surface area contributed by atoms with Gasteiger partial charge in [0.1, 0.15) is 0 Å². The maximum Gasteiger partial charge on any atom is 0.267 e. The van der Waals surface area contributed by atoms with Crippen molar-refractivity contribution in [1.29, 1.82) is 0 Å². The van der Waals surface area contributed by atoms with Gasteiger partial charge >= 0.3 is 0 Å². The maximum atomic E-state index is 13.1. The molecule has 3 rings (SSSR count). The third-order valence-corrected chi connectivity index (χ3v) is 3.93. The number of halogens is 2. The quantitative estimate of drug-likeness (QED) is 0.831. The fourth-order valence-electron chi connectivity index (χ4n) is 2.67. The number of amides is 2. The van der Waals surface area contributed by atoms with Gasteiger partial charge in [0.2, 0.25) is 5.91 Å². The number of hydrogen-bond acceptors (Lipinski definition) is 4. The molecule has 1 fully saturated rings. The minimum Gasteiger partial charge on any atom is -0.399 e. The Kier molecular flexibility index (Phi) is 4.04. The molecular formula is C16H16F2N4O2. The Bertz CT molecular complexity index is 810. The molecule has 0 radical (unpaired) electrons. The molecule has 0 atom stereocenters. The molecule has 0 aliphatic carbocycles. The third-order valence-electron chi connectivity index (χ3n) is 3.93. The minimum atomic E-state index is -2.85. The molecule has 1 aliphatic heterocycles. The Labute approximate surface area is 136 Å². The molecular weight excluding hydrogens is 318 g/mol. The average molecular weight is 334 g/mol. The predicted octanol–water partition coefficient (Wildman–Crippen LogP) is 1.41. The van der Waals surface area contributed by atoms with Crippen molar-refractivity contribution in [2.45, 2.75) is 12.3 Å². The molecule has 6 nitrogen and oxygen atoms in total. The highest BCUT2D eigenvalue weighted by atomic mass is 19.3. The lowest BCUT2D eigenvalue weighted by atomic mass is 10.1. The molecule has 0 saturated carbocycles. The maximum absolute atomic E-state index is 13.1. The smallest absolute Gasteiger partial charge is 0.267 e. The van der Waals surface area contributed by atoms with Crippen molar-refractivity contribution >= 4 is 28.4 Å². The van der Waals surface area contributed by atoms with E-state index in [9.17, 15) is 18.4 Å². The minimum absolute atomic E-state index is 0.00355. The molecule has 126 valence electrons. The molecule has 0 bridgehead atoms. The Hall–Kier alpha value is -2.77. The van der Waals surface area contributed by atoms with E-state index in [0.717, 1.165) is 4.90 Å². The summed E-state index contributed by atoms with van der Waals surface area (Å²) in [5, 5.41) is 3.04. The van der Waals surface area contributed by atoms with Gasteiger partial charge in [-0.15, -0.1) is 0 Å². The summed E-state index contributed by atoms with van der Waals surface area (Å²) in [6, 6.07) is 6.51. The second-order valence-corrected chi connectivity index (χ2v) is 5.74. The summed E-state index contributed by atoms with van der Waals surface area (Å²) < 4.78 is 26.3. The van der Waals surface area contributed by atoms with Crippen LogP contribution in [0.2, 0.25) is 0 Å². The van der Waals surface area contributed by atoms with E-state index in [1.165, 1.54) is 12.3 Å². The third kappa shape index (κ3) is 3.27. The second kappa shape index (κ2) is 6.03. The van der Waals surface area contributed by atoms with Crippen LogP contribution in [0.1, 0.15) is 16.8 Å². The van der Waals surface area contributed by atoms with Crippen molar-refractivity contribution in [3.8, 4) is 0 Å². The van der Waals surface area contributed by atoms with Crippen LogP contribution < -0.4 is 11.1 Å². The number of carbonyl (C=O) groups is 2. The standard InChI is InChI=1S/C16H16F2N4O2/c17-16(18)4-6-22(9-16)14(23)8-21-15(24)11-3-5-20-13-2-1-10(19)7-12(11)13/h1-3,5,7H,4,6,8-9,19H2,(H,21,24). The largest absolute Gasteiger partial charge is 0.399 e. The van der Waals surface area contributed by atoms with Gasteiger partial charge in [-0.05, 0) is 24.3 Å². The number of likely N-dealkylation sites (tertiary alicyclic amines) is 1. The summed E-state index contributed by atoms with van der Waals surface area (Å²) in [6.07, 6.45) is 1.14. The zero-order chi connectivity index (χ0) is 17.3. The number of pyridine rings is 1. The summed E-state index contributed by atoms with van der Waals surface area (Å²) >= 11 is 0. The van der Waals surface area contributed by atoms with Gasteiger partial charge < -0.3 is 16.0 Å². The van der Waals surface area contributed by atoms with Gasteiger partial charge in [0.05, 0.1) is 24.2 Å². The summed E-state index contributed by atoms with van der Waals surface area (Å²) in [4.78, 5) is 29.5. The Morgan fingerprint density at radius 2 is 2.12 bits per heavy atom. The lowest BCUT2D eigenvalue weighted by molar-refractivity contribution is -0.130. The summed E-state index contributed by atoms with van der Waals surface area (Å²) in [6.45, 7) is -0.937. The van der Waals surface area contributed by atoms with Crippen LogP contribution in [-0.4, -0.2) is 47.3 Å². The van der Waals surface area contributed by atoms with Gasteiger partial charge in [-0.2, -0.15) is 0 Å². The first-order valence-electron chi connectivity index (χ1n) is 7.44. The molecule has 3 N–H and O–H groups in total. The average Bonchev–Trinajstić information content (AvgIpc) is 2.91. The number of rotatable bonds is 3. The normalized spacial score (nSPS) is 16.3. The molecule has 1 saturated heterocycles. The summed E-state index contributed by atoms with van der Waals surface area (Å²) in [5.41, 5.74) is 7.14. The van der Waals surface area contributed by atoms with E-state index in [1.54, 1.807) is 18.2 Å². The highest BCUT2D eigenvalue weighted by molar-refractivity contribution is 6.07. The van der Waals surface area contributed by atoms with Crippen molar-refractivity contribution in [3.63, 3.8) is 0 Å². The van der Waals surface area contributed by atoms with Crippen LogP contribution in [0.5, 0.6) is 0 Å². The molecule has 24 heavy (non-hydrogen) atoms. The zero-order valence-corrected chi connectivity index (χ0v) is 12.8. The number of benzene rings is 1. The molecule has 0 spiro atoms. The first-order valence-corrected chi connectivity index (χ1v) is 7.44. The Morgan fingerprint density at radius 1 is 1.33 bits per heavy atom. The monoisotopic (exact) mass is 334 g/mol. The molecule has 8 heteroatoms. The summed E-state index contributed by atoms with van der Waals surface area (Å²) in [7, 11) is 0. The van der Waals surface area contributed by atoms with E-state index >= 15 is 0 Å². The van der Waals surface area contributed by atoms with Crippen LogP contribution in [0, 0.1) is 0 Å². The van der Waals surface area contributed by atoms with Gasteiger partial charge in [-0.1, -0.05) is 0 Å². The molecule has 2 aromatic rings. The van der Waals surface area contributed by atoms with Crippen molar-refractivity contribution in [2.24, 2.45) is 0 Å². The van der Waals surface area contributed by atoms with E-state index in [2.05, 4.69) is 10.3 Å². The van der Waals surface area contributed by atoms with Crippen LogP contribution in [0.4, 0.5) is 14.5 Å². The van der Waals surface area contributed by atoms with Crippen LogP contribution in [0.15, 0.2) is 30.5 Å². The number of carbonyl (C=O) groups excluding carboxylic acids is 2. The van der Waals surface area contributed by atoms with Crippen LogP contribution in [0.3, 0.4) is 0 Å². The van der Waals surface area contributed by atoms with E-state index in [-0.39, 0.29) is 19.5 Å². The number of nitrogens with two attached hydrogens (primary N) is 1. The van der Waals surface area contributed by atoms with Crippen LogP contribution in [-0.2, 0) is 4.79 Å². The number of aromatic nitrogens is 1. The lowest BCUT2D eigenvalue weighted by Crippen LogP contribution is -2.40. The van der Waals surface area contributed by atoms with E-state index in [4.69, 9.17) is 5.73 Å². The molecule has 2 amide bonds. The number of nitrogens with zero attached hydrogens (tertiary/aromatic N) is 2. The van der Waals surface area contributed by atoms with Crippen molar-refractivity contribution in [2.75, 3.05) is 25.4 Å². The number of nitrogen functional groups attached to an aromatic ring is 1. The first-order chi connectivity index (χ1) is 11.4. The Balaban J connectivity index is 1.70. The van der Waals surface area contributed by atoms with E-state index in [0.29, 0.717) is 22.2 Å². The SMILES string of the molecule is Nc1ccc2nccc(C(=O)NCC(=O)N3CCC(F)(F)C3)c2c1. The lowest BCUT2D eigenvalue weighted by Gasteiger charge is -2.16. The van der Waals surface area contributed by atoms with Gasteiger partial charge in [0.15, 0.2) is 0 Å². The molecule has 0 unspecified atom stereocenters. The first kappa shape index (κ1) is 16.1. The molecule has 1 aliphatic rings. The number of anilines is 1. The highest BCUT2D eigenvalue weighted by Crippen LogP contribution is 2.26. The van der Waals surface area contributed by atoms with Gasteiger partial charge in [-0.25, -0.2) is 8.78 Å². The van der Waals surface area contributed by atoms with Crippen LogP contribution >= 0.6 is 0 Å². The number of nitrogens with one attached hydrogen (secondary N) is 1. The van der Waals surface area contributed by atoms with Gasteiger partial charge in [0, 0.05) is 30.2 Å². The highest BCUT2D eigenvalue weighted by Gasteiger charge is 2.40. The number of hydrogen-bond donors (Lipinski definition) is 2. The van der Waals surface area contributed by atoms with E-state index < -0.39 is 24.3 Å². The fraction of sp³-hybridized carbons (Fsp3) is 0.312. The topological polar surface area (TPSA) is 88.3 Å². The molecule has 1 aromatic carbocycles. The molecule has 2 heterocycles. The predicted molar refractivity (Wildman–Crippen MR) is 84.6 cm³/mol. The van der Waals surface area contributed by atoms with Crippen molar-refractivity contribution in [1.82, 2.24) is 15.2 Å². The van der Waals surface area contributed by atoms with Gasteiger partial charge in [0.25, 0.3) is 11.8 Å². The van der Waals surface area contributed by atoms with Crippen molar-refractivity contribution < 1.29 is 18.4 Å².